The van der Waals surface area contributed by atoms with E-state index in [4.69, 9.17) is 9.47 Å². The number of fused-ring (bicyclic) bond motifs is 1. The molecule has 0 spiro atoms. The number of ether oxygens (including phenoxy) is 2. The van der Waals surface area contributed by atoms with Crippen molar-refractivity contribution in [2.75, 3.05) is 13.2 Å². The first kappa shape index (κ1) is 14.7. The fourth-order valence-electron chi connectivity index (χ4n) is 2.18. The molecule has 116 valence electrons. The molecular formula is C16H18N2O3S. The van der Waals surface area contributed by atoms with E-state index in [0.717, 1.165) is 11.5 Å². The lowest BCUT2D eigenvalue weighted by Gasteiger charge is -2.26. The van der Waals surface area contributed by atoms with Crippen LogP contribution in [0.5, 0.6) is 11.5 Å². The van der Waals surface area contributed by atoms with Crippen molar-refractivity contribution in [3.05, 3.63) is 46.2 Å². The zero-order chi connectivity index (χ0) is 15.4. The molecule has 2 heterocycles. The number of hydrogen-bond acceptors (Lipinski definition) is 4. The van der Waals surface area contributed by atoms with Crippen molar-refractivity contribution in [1.82, 2.24) is 10.6 Å². The van der Waals surface area contributed by atoms with Gasteiger partial charge in [-0.1, -0.05) is 12.1 Å². The predicted molar refractivity (Wildman–Crippen MR) is 85.6 cm³/mol. The van der Waals surface area contributed by atoms with Gasteiger partial charge >= 0.3 is 6.03 Å². The third kappa shape index (κ3) is 3.51. The Kier molecular flexibility index (Phi) is 4.48. The fraction of sp³-hybridized carbons (Fsp3) is 0.312. The summed E-state index contributed by atoms with van der Waals surface area (Å²) in [4.78, 5) is 13.0. The van der Waals surface area contributed by atoms with Crippen molar-refractivity contribution in [2.45, 2.75) is 19.6 Å². The molecule has 1 aromatic heterocycles. The van der Waals surface area contributed by atoms with Crippen molar-refractivity contribution < 1.29 is 14.3 Å². The van der Waals surface area contributed by atoms with Crippen LogP contribution in [-0.4, -0.2) is 25.3 Å². The van der Waals surface area contributed by atoms with Gasteiger partial charge in [0.1, 0.15) is 6.61 Å². The molecule has 0 radical (unpaired) electrons. The summed E-state index contributed by atoms with van der Waals surface area (Å²) in [6.07, 6.45) is -0.177. The fourth-order valence-corrected chi connectivity index (χ4v) is 3.02. The normalized spacial score (nSPS) is 16.1. The molecule has 1 aromatic carbocycles. The minimum absolute atomic E-state index is 0.177. The molecule has 0 saturated carbocycles. The quantitative estimate of drug-likeness (QED) is 0.911. The Hall–Kier alpha value is -2.21. The zero-order valence-electron chi connectivity index (χ0n) is 12.3. The third-order valence-corrected chi connectivity index (χ3v) is 4.46. The first-order valence-corrected chi connectivity index (χ1v) is 8.03. The van der Waals surface area contributed by atoms with Crippen LogP contribution in [0.3, 0.4) is 0 Å². The molecule has 6 heteroatoms. The Bertz CT molecular complexity index is 656. The van der Waals surface area contributed by atoms with Crippen LogP contribution in [0.15, 0.2) is 35.7 Å². The number of carbonyl (C=O) groups excluding carboxylic acids is 1. The molecule has 3 rings (SSSR count). The maximum Gasteiger partial charge on any atom is 0.315 e. The summed E-state index contributed by atoms with van der Waals surface area (Å²) in [5, 5.41) is 7.69. The van der Waals surface area contributed by atoms with Gasteiger partial charge in [0.15, 0.2) is 17.6 Å². The Balaban J connectivity index is 1.43. The lowest BCUT2D eigenvalue weighted by Crippen LogP contribution is -2.44. The van der Waals surface area contributed by atoms with Crippen molar-refractivity contribution in [1.29, 1.82) is 0 Å². The van der Waals surface area contributed by atoms with E-state index in [-0.39, 0.29) is 12.1 Å². The molecule has 0 saturated heterocycles. The number of para-hydroxylation sites is 2. The van der Waals surface area contributed by atoms with Crippen molar-refractivity contribution in [2.24, 2.45) is 0 Å². The highest BCUT2D eigenvalue weighted by atomic mass is 32.1. The van der Waals surface area contributed by atoms with Crippen molar-refractivity contribution >= 4 is 17.4 Å². The molecule has 1 atom stereocenters. The second-order valence-electron chi connectivity index (χ2n) is 5.09. The highest BCUT2D eigenvalue weighted by molar-refractivity contribution is 7.10. The van der Waals surface area contributed by atoms with E-state index >= 15 is 0 Å². The standard InChI is InChI=1S/C16H18N2O3S/c1-11-6-7-22-15(11)9-18-16(19)17-8-12-10-20-13-4-2-3-5-14(13)21-12/h2-7,12H,8-10H2,1H3,(H2,17,18,19)/t12-/m1/s1. The zero-order valence-corrected chi connectivity index (χ0v) is 13.1. The highest BCUT2D eigenvalue weighted by Crippen LogP contribution is 2.30. The summed E-state index contributed by atoms with van der Waals surface area (Å²) in [5.41, 5.74) is 1.20. The summed E-state index contributed by atoms with van der Waals surface area (Å²) < 4.78 is 11.4. The van der Waals surface area contributed by atoms with Gasteiger partial charge in [-0.15, -0.1) is 11.3 Å². The molecule has 1 aliphatic rings. The molecule has 2 aromatic rings. The summed E-state index contributed by atoms with van der Waals surface area (Å²) in [6, 6.07) is 9.38. The molecule has 0 unspecified atom stereocenters. The molecule has 2 amide bonds. The average Bonchev–Trinajstić information content (AvgIpc) is 2.96. The minimum atomic E-state index is -0.199. The smallest absolute Gasteiger partial charge is 0.315 e. The Morgan fingerprint density at radius 1 is 1.27 bits per heavy atom. The van der Waals surface area contributed by atoms with Crippen LogP contribution >= 0.6 is 11.3 Å². The van der Waals surface area contributed by atoms with Gasteiger partial charge in [-0.05, 0) is 36.1 Å². The van der Waals surface area contributed by atoms with Gasteiger partial charge < -0.3 is 20.1 Å². The van der Waals surface area contributed by atoms with E-state index < -0.39 is 0 Å². The van der Waals surface area contributed by atoms with Crippen LogP contribution < -0.4 is 20.1 Å². The third-order valence-electron chi connectivity index (χ3n) is 3.44. The number of aryl methyl sites for hydroxylation is 1. The largest absolute Gasteiger partial charge is 0.486 e. The van der Waals surface area contributed by atoms with E-state index in [2.05, 4.69) is 10.6 Å². The van der Waals surface area contributed by atoms with Gasteiger partial charge in [0.25, 0.3) is 0 Å². The topological polar surface area (TPSA) is 59.6 Å². The lowest BCUT2D eigenvalue weighted by molar-refractivity contribution is 0.0918. The second-order valence-corrected chi connectivity index (χ2v) is 6.09. The maximum absolute atomic E-state index is 11.8. The summed E-state index contributed by atoms with van der Waals surface area (Å²) in [7, 11) is 0. The van der Waals surface area contributed by atoms with Gasteiger partial charge in [0.05, 0.1) is 13.1 Å². The van der Waals surface area contributed by atoms with E-state index in [1.807, 2.05) is 42.6 Å². The van der Waals surface area contributed by atoms with Crippen LogP contribution in [0.25, 0.3) is 0 Å². The Morgan fingerprint density at radius 3 is 2.86 bits per heavy atom. The van der Waals surface area contributed by atoms with Crippen molar-refractivity contribution in [3.8, 4) is 11.5 Å². The summed E-state index contributed by atoms with van der Waals surface area (Å²) in [6.45, 7) is 3.42. The Labute approximate surface area is 133 Å². The summed E-state index contributed by atoms with van der Waals surface area (Å²) >= 11 is 1.64. The first-order chi connectivity index (χ1) is 10.7. The number of amides is 2. The number of hydrogen-bond donors (Lipinski definition) is 2. The molecule has 0 bridgehead atoms. The van der Waals surface area contributed by atoms with Gasteiger partial charge in [-0.25, -0.2) is 4.79 Å². The lowest BCUT2D eigenvalue weighted by atomic mass is 10.2. The molecule has 22 heavy (non-hydrogen) atoms. The SMILES string of the molecule is Cc1ccsc1CNC(=O)NC[C@@H]1COc2ccccc2O1. The number of nitrogens with one attached hydrogen (secondary N) is 2. The first-order valence-electron chi connectivity index (χ1n) is 7.15. The predicted octanol–water partition coefficient (Wildman–Crippen LogP) is 2.70. The van der Waals surface area contributed by atoms with E-state index in [9.17, 15) is 4.79 Å². The van der Waals surface area contributed by atoms with E-state index in [1.165, 1.54) is 10.4 Å². The minimum Gasteiger partial charge on any atom is -0.486 e. The van der Waals surface area contributed by atoms with E-state index in [1.54, 1.807) is 11.3 Å². The monoisotopic (exact) mass is 318 g/mol. The van der Waals surface area contributed by atoms with Crippen LogP contribution in [0.4, 0.5) is 4.79 Å². The number of carbonyl (C=O) groups is 1. The molecule has 5 nitrogen and oxygen atoms in total. The molecular weight excluding hydrogens is 300 g/mol. The van der Waals surface area contributed by atoms with Gasteiger partial charge in [0, 0.05) is 4.88 Å². The molecule has 0 aliphatic carbocycles. The molecule has 0 fully saturated rings. The number of thiophene rings is 1. The second kappa shape index (κ2) is 6.70. The maximum atomic E-state index is 11.8. The van der Waals surface area contributed by atoms with E-state index in [0.29, 0.717) is 19.7 Å². The number of benzene rings is 1. The average molecular weight is 318 g/mol. The van der Waals surface area contributed by atoms with Crippen LogP contribution in [-0.2, 0) is 6.54 Å². The van der Waals surface area contributed by atoms with Gasteiger partial charge in [-0.3, -0.25) is 0 Å². The highest BCUT2D eigenvalue weighted by Gasteiger charge is 2.20. The van der Waals surface area contributed by atoms with Gasteiger partial charge in [0.2, 0.25) is 0 Å². The number of rotatable bonds is 4. The van der Waals surface area contributed by atoms with Crippen molar-refractivity contribution in [3.63, 3.8) is 0 Å². The van der Waals surface area contributed by atoms with Crippen LogP contribution in [0.2, 0.25) is 0 Å². The molecule has 2 N–H and O–H groups in total. The van der Waals surface area contributed by atoms with Crippen LogP contribution in [0, 0.1) is 6.92 Å². The molecule has 1 aliphatic heterocycles. The summed E-state index contributed by atoms with van der Waals surface area (Å²) in [5.74, 6) is 1.46. The van der Waals surface area contributed by atoms with Gasteiger partial charge in [-0.2, -0.15) is 0 Å². The van der Waals surface area contributed by atoms with Crippen LogP contribution in [0.1, 0.15) is 10.4 Å². The number of urea groups is 1. The Morgan fingerprint density at radius 2 is 2.09 bits per heavy atom.